The molecule has 0 amide bonds. The molecule has 0 unspecified atom stereocenters. The quantitative estimate of drug-likeness (QED) is 0.236. The van der Waals surface area contributed by atoms with Crippen LogP contribution in [0, 0.1) is 0 Å². The molecule has 2 aromatic rings. The summed E-state index contributed by atoms with van der Waals surface area (Å²) in [6.07, 6.45) is 4.45. The van der Waals surface area contributed by atoms with Crippen LogP contribution in [-0.2, 0) is 19.5 Å². The van der Waals surface area contributed by atoms with Gasteiger partial charge in [-0.3, -0.25) is 4.99 Å². The number of guanidine groups is 1. The second-order valence-corrected chi connectivity index (χ2v) is 6.10. The van der Waals surface area contributed by atoms with E-state index >= 15 is 0 Å². The van der Waals surface area contributed by atoms with E-state index in [0.29, 0.717) is 19.7 Å². The SMILES string of the molecule is C=CCNC(=NCCn1cnnc1CC)N(C)Cc1ccc(OCC)cc1.I. The summed E-state index contributed by atoms with van der Waals surface area (Å²) in [5.41, 5.74) is 1.20. The lowest BCUT2D eigenvalue weighted by Crippen LogP contribution is -2.38. The minimum atomic E-state index is 0. The van der Waals surface area contributed by atoms with Crippen molar-refractivity contribution in [3.8, 4) is 5.75 Å². The molecule has 0 saturated carbocycles. The van der Waals surface area contributed by atoms with Crippen molar-refractivity contribution < 1.29 is 4.74 Å². The molecule has 7 nitrogen and oxygen atoms in total. The van der Waals surface area contributed by atoms with Crippen LogP contribution in [0.5, 0.6) is 5.75 Å². The average molecular weight is 498 g/mol. The predicted octanol–water partition coefficient (Wildman–Crippen LogP) is 3.12. The highest BCUT2D eigenvalue weighted by atomic mass is 127. The number of hydrogen-bond donors (Lipinski definition) is 1. The zero-order valence-electron chi connectivity index (χ0n) is 17.0. The highest BCUT2D eigenvalue weighted by Crippen LogP contribution is 2.13. The Morgan fingerprint density at radius 3 is 2.71 bits per heavy atom. The van der Waals surface area contributed by atoms with Crippen molar-refractivity contribution >= 4 is 29.9 Å². The zero-order valence-corrected chi connectivity index (χ0v) is 19.3. The highest BCUT2D eigenvalue weighted by molar-refractivity contribution is 14.0. The van der Waals surface area contributed by atoms with E-state index < -0.39 is 0 Å². The normalized spacial score (nSPS) is 10.9. The van der Waals surface area contributed by atoms with Crippen molar-refractivity contribution in [2.45, 2.75) is 33.4 Å². The Hall–Kier alpha value is -2.10. The molecule has 154 valence electrons. The summed E-state index contributed by atoms with van der Waals surface area (Å²) in [6, 6.07) is 8.16. The van der Waals surface area contributed by atoms with Crippen LogP contribution in [-0.4, -0.2) is 52.4 Å². The van der Waals surface area contributed by atoms with E-state index in [1.165, 1.54) is 5.56 Å². The van der Waals surface area contributed by atoms with E-state index in [1.54, 1.807) is 6.33 Å². The summed E-state index contributed by atoms with van der Waals surface area (Å²) in [4.78, 5) is 6.84. The third kappa shape index (κ3) is 7.49. The molecule has 1 aromatic carbocycles. The minimum absolute atomic E-state index is 0. The molecule has 0 bridgehead atoms. The van der Waals surface area contributed by atoms with Gasteiger partial charge in [0.2, 0.25) is 0 Å². The molecule has 1 heterocycles. The standard InChI is InChI=1S/C20H30N6O.HI/c1-5-12-21-20(22-13-14-26-16-23-24-19(26)6-2)25(4)15-17-8-10-18(11-9-17)27-7-3;/h5,8-11,16H,1,6-7,12-15H2,2-4H3,(H,21,22);1H. The summed E-state index contributed by atoms with van der Waals surface area (Å²) >= 11 is 0. The summed E-state index contributed by atoms with van der Waals surface area (Å²) in [5.74, 6) is 2.71. The van der Waals surface area contributed by atoms with Gasteiger partial charge in [-0.1, -0.05) is 25.1 Å². The summed E-state index contributed by atoms with van der Waals surface area (Å²) in [6.45, 7) is 11.3. The van der Waals surface area contributed by atoms with Crippen molar-refractivity contribution in [3.63, 3.8) is 0 Å². The maximum Gasteiger partial charge on any atom is 0.194 e. The van der Waals surface area contributed by atoms with Crippen LogP contribution < -0.4 is 10.1 Å². The van der Waals surface area contributed by atoms with Gasteiger partial charge in [-0.05, 0) is 24.6 Å². The number of rotatable bonds is 10. The van der Waals surface area contributed by atoms with Crippen molar-refractivity contribution in [2.75, 3.05) is 26.7 Å². The molecule has 1 aromatic heterocycles. The van der Waals surface area contributed by atoms with Gasteiger partial charge in [0.1, 0.15) is 17.9 Å². The Bertz CT molecular complexity index is 729. The molecule has 0 atom stereocenters. The number of ether oxygens (including phenoxy) is 1. The van der Waals surface area contributed by atoms with Gasteiger partial charge in [0, 0.05) is 33.1 Å². The predicted molar refractivity (Wildman–Crippen MR) is 124 cm³/mol. The molecule has 28 heavy (non-hydrogen) atoms. The number of halogens is 1. The number of aryl methyl sites for hydroxylation is 1. The van der Waals surface area contributed by atoms with Crippen LogP contribution in [0.15, 0.2) is 48.2 Å². The molecule has 0 aliphatic rings. The van der Waals surface area contributed by atoms with E-state index in [-0.39, 0.29) is 24.0 Å². The molecule has 0 aliphatic heterocycles. The van der Waals surface area contributed by atoms with E-state index in [9.17, 15) is 0 Å². The van der Waals surface area contributed by atoms with Crippen LogP contribution in [0.4, 0.5) is 0 Å². The number of hydrogen-bond acceptors (Lipinski definition) is 4. The second-order valence-electron chi connectivity index (χ2n) is 6.10. The Morgan fingerprint density at radius 2 is 2.07 bits per heavy atom. The average Bonchev–Trinajstić information content (AvgIpc) is 3.13. The van der Waals surface area contributed by atoms with Gasteiger partial charge in [0.15, 0.2) is 5.96 Å². The lowest BCUT2D eigenvalue weighted by molar-refractivity contribution is 0.340. The second kappa shape index (κ2) is 13.1. The maximum absolute atomic E-state index is 5.50. The molecule has 0 fully saturated rings. The fraction of sp³-hybridized carbons (Fsp3) is 0.450. The van der Waals surface area contributed by atoms with Crippen LogP contribution in [0.25, 0.3) is 0 Å². The largest absolute Gasteiger partial charge is 0.494 e. The van der Waals surface area contributed by atoms with E-state index in [1.807, 2.05) is 36.7 Å². The first-order valence-electron chi connectivity index (χ1n) is 9.36. The topological polar surface area (TPSA) is 67.6 Å². The number of benzene rings is 1. The lowest BCUT2D eigenvalue weighted by Gasteiger charge is -2.22. The van der Waals surface area contributed by atoms with Crippen molar-refractivity contribution in [1.82, 2.24) is 25.0 Å². The van der Waals surface area contributed by atoms with Crippen molar-refractivity contribution in [2.24, 2.45) is 4.99 Å². The monoisotopic (exact) mass is 498 g/mol. The number of nitrogens with one attached hydrogen (secondary N) is 1. The van der Waals surface area contributed by atoms with E-state index in [0.717, 1.165) is 37.0 Å². The third-order valence-corrected chi connectivity index (χ3v) is 4.03. The first-order valence-corrected chi connectivity index (χ1v) is 9.36. The Balaban J connectivity index is 0.00000392. The third-order valence-electron chi connectivity index (χ3n) is 4.03. The first-order chi connectivity index (χ1) is 13.2. The Morgan fingerprint density at radius 1 is 1.32 bits per heavy atom. The van der Waals surface area contributed by atoms with Crippen molar-refractivity contribution in [1.29, 1.82) is 0 Å². The zero-order chi connectivity index (χ0) is 19.5. The maximum atomic E-state index is 5.50. The number of aliphatic imine (C=N–C) groups is 1. The fourth-order valence-corrected chi connectivity index (χ4v) is 2.68. The summed E-state index contributed by atoms with van der Waals surface area (Å²) in [7, 11) is 2.03. The van der Waals surface area contributed by atoms with E-state index in [4.69, 9.17) is 9.73 Å². The van der Waals surface area contributed by atoms with Gasteiger partial charge in [0.05, 0.1) is 13.2 Å². The van der Waals surface area contributed by atoms with Gasteiger partial charge < -0.3 is 19.5 Å². The molecule has 0 spiro atoms. The highest BCUT2D eigenvalue weighted by Gasteiger charge is 2.07. The molecular weight excluding hydrogens is 467 g/mol. The summed E-state index contributed by atoms with van der Waals surface area (Å²) < 4.78 is 7.54. The molecule has 0 saturated heterocycles. The van der Waals surface area contributed by atoms with Crippen LogP contribution in [0.2, 0.25) is 0 Å². The minimum Gasteiger partial charge on any atom is -0.494 e. The van der Waals surface area contributed by atoms with Gasteiger partial charge in [-0.15, -0.1) is 40.8 Å². The van der Waals surface area contributed by atoms with Crippen LogP contribution in [0.1, 0.15) is 25.2 Å². The molecule has 0 aliphatic carbocycles. The fourth-order valence-electron chi connectivity index (χ4n) is 2.68. The smallest absolute Gasteiger partial charge is 0.194 e. The number of aromatic nitrogens is 3. The van der Waals surface area contributed by atoms with Gasteiger partial charge in [0.25, 0.3) is 0 Å². The van der Waals surface area contributed by atoms with Gasteiger partial charge in [-0.2, -0.15) is 0 Å². The molecule has 2 rings (SSSR count). The van der Waals surface area contributed by atoms with Crippen LogP contribution in [0.3, 0.4) is 0 Å². The van der Waals surface area contributed by atoms with Gasteiger partial charge >= 0.3 is 0 Å². The lowest BCUT2D eigenvalue weighted by atomic mass is 10.2. The van der Waals surface area contributed by atoms with Crippen molar-refractivity contribution in [3.05, 3.63) is 54.6 Å². The first kappa shape index (κ1) is 23.9. The Kier molecular flexibility index (Phi) is 11.2. The number of nitrogens with zero attached hydrogens (tertiary/aromatic N) is 5. The molecule has 1 N–H and O–H groups in total. The summed E-state index contributed by atoms with van der Waals surface area (Å²) in [5, 5.41) is 11.4. The molecule has 8 heteroatoms. The van der Waals surface area contributed by atoms with Gasteiger partial charge in [-0.25, -0.2) is 0 Å². The molecule has 0 radical (unpaired) electrons. The van der Waals surface area contributed by atoms with E-state index in [2.05, 4.69) is 46.0 Å². The van der Waals surface area contributed by atoms with Crippen LogP contribution >= 0.6 is 24.0 Å². The molecular formula is C20H31IN6O. The Labute approximate surface area is 184 Å².